The van der Waals surface area contributed by atoms with Crippen molar-refractivity contribution >= 4 is 23.1 Å². The van der Waals surface area contributed by atoms with Crippen molar-refractivity contribution in [3.63, 3.8) is 0 Å². The van der Waals surface area contributed by atoms with Crippen LogP contribution in [0.3, 0.4) is 0 Å². The van der Waals surface area contributed by atoms with Gasteiger partial charge in [-0.1, -0.05) is 29.8 Å². The minimum absolute atomic E-state index is 0.0673. The van der Waals surface area contributed by atoms with Crippen molar-refractivity contribution in [2.45, 2.75) is 26.9 Å². The maximum atomic E-state index is 13.6. The Morgan fingerprint density at radius 2 is 1.45 bits per heavy atom. The molecular weight excluding hydrogens is 390 g/mol. The van der Waals surface area contributed by atoms with Gasteiger partial charge < -0.3 is 14.5 Å². The molecule has 2 aliphatic heterocycles. The number of benzene rings is 2. The molecule has 0 aromatic heterocycles. The molecule has 0 bridgehead atoms. The van der Waals surface area contributed by atoms with Gasteiger partial charge in [-0.3, -0.25) is 9.59 Å². The summed E-state index contributed by atoms with van der Waals surface area (Å²) in [5.41, 5.74) is 3.37. The van der Waals surface area contributed by atoms with Crippen LogP contribution in [-0.2, 0) is 9.59 Å². The number of likely N-dealkylation sites (N-methyl/N-ethyl adjacent to an activating group) is 1. The molecule has 6 heteroatoms. The zero-order valence-electron chi connectivity index (χ0n) is 18.6. The Labute approximate surface area is 183 Å². The molecule has 4 rings (SSSR count). The Morgan fingerprint density at radius 3 is 2.03 bits per heavy atom. The number of amides is 2. The van der Waals surface area contributed by atoms with Gasteiger partial charge in [-0.05, 0) is 57.6 Å². The molecular formula is C25H29N3O3. The summed E-state index contributed by atoms with van der Waals surface area (Å²) in [7, 11) is 2.07. The average molecular weight is 420 g/mol. The highest BCUT2D eigenvalue weighted by Gasteiger charge is 2.42. The Kier molecular flexibility index (Phi) is 5.83. The fourth-order valence-electron chi connectivity index (χ4n) is 4.00. The van der Waals surface area contributed by atoms with Crippen molar-refractivity contribution in [2.24, 2.45) is 0 Å². The van der Waals surface area contributed by atoms with E-state index < -0.39 is 0 Å². The lowest BCUT2D eigenvalue weighted by atomic mass is 10.0. The minimum atomic E-state index is -0.277. The topological polar surface area (TPSA) is 53.1 Å². The highest BCUT2D eigenvalue weighted by atomic mass is 16.5. The molecule has 0 atom stereocenters. The average Bonchev–Trinajstić information content (AvgIpc) is 3.00. The van der Waals surface area contributed by atoms with Gasteiger partial charge in [0.15, 0.2) is 0 Å². The smallest absolute Gasteiger partial charge is 0.282 e. The normalized spacial score (nSPS) is 17.8. The molecule has 0 N–H and O–H groups in total. The number of hydrogen-bond acceptors (Lipinski definition) is 5. The SMILES string of the molecule is Cc1ccc(N2C(=O)C(c3ccc(OC(C)C)cc3)=C(N3CCN(C)CC3)C2=O)cc1. The van der Waals surface area contributed by atoms with Crippen molar-refractivity contribution in [1.82, 2.24) is 9.80 Å². The van der Waals surface area contributed by atoms with E-state index >= 15 is 0 Å². The number of aryl methyl sites for hydroxylation is 1. The highest BCUT2D eigenvalue weighted by Crippen LogP contribution is 2.35. The fourth-order valence-corrected chi connectivity index (χ4v) is 4.00. The summed E-state index contributed by atoms with van der Waals surface area (Å²) < 4.78 is 5.74. The summed E-state index contributed by atoms with van der Waals surface area (Å²) in [6, 6.07) is 14.9. The second kappa shape index (κ2) is 8.55. The number of hydrogen-bond donors (Lipinski definition) is 0. The van der Waals surface area contributed by atoms with Gasteiger partial charge >= 0.3 is 0 Å². The molecule has 1 fully saturated rings. The van der Waals surface area contributed by atoms with Gasteiger partial charge in [0.1, 0.15) is 11.4 Å². The Balaban J connectivity index is 1.75. The molecule has 2 aromatic carbocycles. The van der Waals surface area contributed by atoms with Crippen molar-refractivity contribution in [1.29, 1.82) is 0 Å². The standard InChI is InChI=1S/C25H29N3O3/c1-17(2)31-21-11-7-19(8-12-21)22-23(27-15-13-26(4)14-16-27)25(30)28(24(22)29)20-9-5-18(3)6-10-20/h5-12,17H,13-16H2,1-4H3. The predicted octanol–water partition coefficient (Wildman–Crippen LogP) is 3.31. The fraction of sp³-hybridized carbons (Fsp3) is 0.360. The van der Waals surface area contributed by atoms with Crippen LogP contribution in [0.2, 0.25) is 0 Å². The lowest BCUT2D eigenvalue weighted by molar-refractivity contribution is -0.120. The molecule has 1 saturated heterocycles. The summed E-state index contributed by atoms with van der Waals surface area (Å²) in [5, 5.41) is 0. The largest absolute Gasteiger partial charge is 0.491 e. The number of carbonyl (C=O) groups excluding carboxylic acids is 2. The number of piperazine rings is 1. The summed E-state index contributed by atoms with van der Waals surface area (Å²) in [6.45, 7) is 9.06. The van der Waals surface area contributed by atoms with Gasteiger partial charge in [-0.15, -0.1) is 0 Å². The molecule has 6 nitrogen and oxygen atoms in total. The molecule has 0 radical (unpaired) electrons. The quantitative estimate of drug-likeness (QED) is 0.696. The number of rotatable bonds is 5. The third-order valence-corrected chi connectivity index (χ3v) is 5.69. The Bertz CT molecular complexity index is 1000. The third kappa shape index (κ3) is 4.21. The van der Waals surface area contributed by atoms with E-state index in [0.717, 1.165) is 30.0 Å². The van der Waals surface area contributed by atoms with Crippen LogP contribution in [0.1, 0.15) is 25.0 Å². The first-order valence-corrected chi connectivity index (χ1v) is 10.8. The minimum Gasteiger partial charge on any atom is -0.491 e. The Morgan fingerprint density at radius 1 is 0.839 bits per heavy atom. The zero-order chi connectivity index (χ0) is 22.1. The van der Waals surface area contributed by atoms with Gasteiger partial charge in [0.25, 0.3) is 11.8 Å². The number of imide groups is 1. The van der Waals surface area contributed by atoms with Crippen LogP contribution in [-0.4, -0.2) is 60.9 Å². The zero-order valence-corrected chi connectivity index (χ0v) is 18.6. The molecule has 0 aliphatic carbocycles. The van der Waals surface area contributed by atoms with E-state index in [1.54, 1.807) is 0 Å². The summed E-state index contributed by atoms with van der Waals surface area (Å²) in [4.78, 5) is 32.7. The van der Waals surface area contributed by atoms with Crippen LogP contribution in [0.25, 0.3) is 5.57 Å². The third-order valence-electron chi connectivity index (χ3n) is 5.69. The van der Waals surface area contributed by atoms with E-state index in [1.807, 2.05) is 69.3 Å². The monoisotopic (exact) mass is 419 g/mol. The maximum Gasteiger partial charge on any atom is 0.282 e. The van der Waals surface area contributed by atoms with Crippen molar-refractivity contribution in [2.75, 3.05) is 38.1 Å². The van der Waals surface area contributed by atoms with E-state index in [4.69, 9.17) is 4.74 Å². The molecule has 2 aromatic rings. The second-order valence-electron chi connectivity index (χ2n) is 8.49. The van der Waals surface area contributed by atoms with E-state index in [2.05, 4.69) is 16.8 Å². The van der Waals surface area contributed by atoms with E-state index in [9.17, 15) is 9.59 Å². The van der Waals surface area contributed by atoms with Crippen LogP contribution in [0, 0.1) is 6.92 Å². The van der Waals surface area contributed by atoms with Gasteiger partial charge in [0, 0.05) is 26.2 Å². The van der Waals surface area contributed by atoms with E-state index in [1.165, 1.54) is 4.90 Å². The number of nitrogens with zero attached hydrogens (tertiary/aromatic N) is 3. The molecule has 31 heavy (non-hydrogen) atoms. The molecule has 0 spiro atoms. The van der Waals surface area contributed by atoms with Crippen molar-refractivity contribution < 1.29 is 14.3 Å². The van der Waals surface area contributed by atoms with E-state index in [0.29, 0.717) is 30.0 Å². The van der Waals surface area contributed by atoms with Gasteiger partial charge in [-0.2, -0.15) is 0 Å². The second-order valence-corrected chi connectivity index (χ2v) is 8.49. The number of anilines is 1. The van der Waals surface area contributed by atoms with Crippen LogP contribution >= 0.6 is 0 Å². The Hall–Kier alpha value is -3.12. The summed E-state index contributed by atoms with van der Waals surface area (Å²) >= 11 is 0. The predicted molar refractivity (Wildman–Crippen MR) is 122 cm³/mol. The first-order valence-electron chi connectivity index (χ1n) is 10.8. The summed E-state index contributed by atoms with van der Waals surface area (Å²) in [5.74, 6) is 0.212. The maximum absolute atomic E-state index is 13.6. The van der Waals surface area contributed by atoms with Gasteiger partial charge in [0.2, 0.25) is 0 Å². The molecule has 0 saturated carbocycles. The highest BCUT2D eigenvalue weighted by molar-refractivity contribution is 6.45. The number of carbonyl (C=O) groups is 2. The molecule has 0 unspecified atom stereocenters. The first-order chi connectivity index (χ1) is 14.8. The van der Waals surface area contributed by atoms with Crippen molar-refractivity contribution in [3.05, 3.63) is 65.4 Å². The lowest BCUT2D eigenvalue weighted by Gasteiger charge is -2.34. The van der Waals surface area contributed by atoms with Crippen LogP contribution in [0.15, 0.2) is 54.2 Å². The van der Waals surface area contributed by atoms with Gasteiger partial charge in [-0.25, -0.2) is 4.90 Å². The molecule has 2 aliphatic rings. The number of ether oxygens (including phenoxy) is 1. The molecule has 2 heterocycles. The van der Waals surface area contributed by atoms with E-state index in [-0.39, 0.29) is 17.9 Å². The first kappa shape index (κ1) is 21.1. The van der Waals surface area contributed by atoms with Crippen LogP contribution < -0.4 is 9.64 Å². The van der Waals surface area contributed by atoms with Crippen LogP contribution in [0.5, 0.6) is 5.75 Å². The van der Waals surface area contributed by atoms with Crippen molar-refractivity contribution in [3.8, 4) is 5.75 Å². The summed E-state index contributed by atoms with van der Waals surface area (Å²) in [6.07, 6.45) is 0.0673. The van der Waals surface area contributed by atoms with Crippen LogP contribution in [0.4, 0.5) is 5.69 Å². The molecule has 2 amide bonds. The lowest BCUT2D eigenvalue weighted by Crippen LogP contribution is -2.46. The van der Waals surface area contributed by atoms with Gasteiger partial charge in [0.05, 0.1) is 17.4 Å². The molecule has 162 valence electrons.